The summed E-state index contributed by atoms with van der Waals surface area (Å²) in [5.74, 6) is 0.579. The van der Waals surface area contributed by atoms with Gasteiger partial charge >= 0.3 is 0 Å². The van der Waals surface area contributed by atoms with Gasteiger partial charge in [0.1, 0.15) is 10.8 Å². The Morgan fingerprint density at radius 2 is 2.08 bits per heavy atom. The van der Waals surface area contributed by atoms with E-state index < -0.39 is 0 Å². The summed E-state index contributed by atoms with van der Waals surface area (Å²) in [5.41, 5.74) is 3.49. The molecule has 5 nitrogen and oxygen atoms in total. The number of amides is 1. The minimum absolute atomic E-state index is 0.0828. The van der Waals surface area contributed by atoms with Crippen molar-refractivity contribution >= 4 is 24.0 Å². The average Bonchev–Trinajstić information content (AvgIpc) is 3.09. The van der Waals surface area contributed by atoms with Crippen molar-refractivity contribution in [1.82, 2.24) is 15.6 Å². The molecule has 130 valence electrons. The molecular formula is C18H26N4OS. The zero-order chi connectivity index (χ0) is 17.9. The number of aliphatic imine (C=N–C) groups is 1. The summed E-state index contributed by atoms with van der Waals surface area (Å²) in [6, 6.07) is 0. The summed E-state index contributed by atoms with van der Waals surface area (Å²) >= 11 is 1.55. The predicted octanol–water partition coefficient (Wildman–Crippen LogP) is 3.48. The van der Waals surface area contributed by atoms with Gasteiger partial charge in [0.25, 0.3) is 5.91 Å². The highest BCUT2D eigenvalue weighted by Crippen LogP contribution is 2.36. The van der Waals surface area contributed by atoms with Crippen LogP contribution in [0.4, 0.5) is 0 Å². The maximum absolute atomic E-state index is 12.7. The third-order valence-corrected chi connectivity index (χ3v) is 5.07. The molecule has 1 aliphatic rings. The standard InChI is InChI=1S/C18H26N4OS/c1-11(2)15(13(4)16(19-6)22-18(5)7-8-18)17(23)20-9-14-21-12(3)10-24-14/h10,22H,6-9H2,1-5H3,(H,20,23)/b16-13-. The molecule has 0 spiro atoms. The Hall–Kier alpha value is -1.95. The number of thiazole rings is 1. The van der Waals surface area contributed by atoms with Crippen LogP contribution in [0, 0.1) is 6.92 Å². The largest absolute Gasteiger partial charge is 0.365 e. The summed E-state index contributed by atoms with van der Waals surface area (Å²) in [7, 11) is 0. The molecule has 24 heavy (non-hydrogen) atoms. The fraction of sp³-hybridized carbons (Fsp3) is 0.500. The van der Waals surface area contributed by atoms with E-state index in [1.54, 1.807) is 11.3 Å². The van der Waals surface area contributed by atoms with Gasteiger partial charge in [-0.25, -0.2) is 9.98 Å². The van der Waals surface area contributed by atoms with E-state index in [2.05, 4.69) is 34.3 Å². The van der Waals surface area contributed by atoms with Crippen LogP contribution in [0.5, 0.6) is 0 Å². The molecule has 1 heterocycles. The molecule has 1 amide bonds. The van der Waals surface area contributed by atoms with Gasteiger partial charge in [0.05, 0.1) is 6.54 Å². The first-order valence-electron chi connectivity index (χ1n) is 8.08. The monoisotopic (exact) mass is 346 g/mol. The van der Waals surface area contributed by atoms with E-state index >= 15 is 0 Å². The molecule has 6 heteroatoms. The van der Waals surface area contributed by atoms with Gasteiger partial charge in [-0.3, -0.25) is 4.79 Å². The van der Waals surface area contributed by atoms with E-state index in [1.807, 2.05) is 33.1 Å². The quantitative estimate of drug-likeness (QED) is 0.451. The predicted molar refractivity (Wildman–Crippen MR) is 100 cm³/mol. The molecular weight excluding hydrogens is 320 g/mol. The number of nitrogens with one attached hydrogen (secondary N) is 2. The van der Waals surface area contributed by atoms with Gasteiger partial charge in [0, 0.05) is 27.8 Å². The smallest absolute Gasteiger partial charge is 0.251 e. The van der Waals surface area contributed by atoms with Crippen LogP contribution >= 0.6 is 11.3 Å². The summed E-state index contributed by atoms with van der Waals surface area (Å²) in [5, 5.41) is 9.25. The highest BCUT2D eigenvalue weighted by Gasteiger charge is 2.38. The molecule has 1 fully saturated rings. The van der Waals surface area contributed by atoms with Crippen LogP contribution in [0.25, 0.3) is 0 Å². The van der Waals surface area contributed by atoms with E-state index in [9.17, 15) is 4.79 Å². The second-order valence-electron chi connectivity index (χ2n) is 6.76. The summed E-state index contributed by atoms with van der Waals surface area (Å²) < 4.78 is 0. The molecule has 0 saturated heterocycles. The molecule has 1 aliphatic carbocycles. The molecule has 0 bridgehead atoms. The van der Waals surface area contributed by atoms with E-state index in [0.29, 0.717) is 17.9 Å². The van der Waals surface area contributed by atoms with Gasteiger partial charge in [-0.2, -0.15) is 0 Å². The molecule has 2 rings (SSSR count). The van der Waals surface area contributed by atoms with Gasteiger partial charge in [0.2, 0.25) is 0 Å². The molecule has 0 aromatic carbocycles. The van der Waals surface area contributed by atoms with Crippen molar-refractivity contribution in [1.29, 1.82) is 0 Å². The maximum atomic E-state index is 12.7. The Kier molecular flexibility index (Phi) is 5.59. The number of aromatic nitrogens is 1. The number of hydrogen-bond acceptors (Lipinski definition) is 5. The number of carbonyl (C=O) groups excluding carboxylic acids is 1. The fourth-order valence-corrected chi connectivity index (χ4v) is 3.18. The number of allylic oxidation sites excluding steroid dienone is 1. The lowest BCUT2D eigenvalue weighted by molar-refractivity contribution is -0.117. The van der Waals surface area contributed by atoms with Crippen molar-refractivity contribution in [3.05, 3.63) is 38.6 Å². The third-order valence-electron chi connectivity index (χ3n) is 4.10. The summed E-state index contributed by atoms with van der Waals surface area (Å²) in [4.78, 5) is 21.2. The molecule has 0 atom stereocenters. The first-order valence-corrected chi connectivity index (χ1v) is 8.96. The Balaban J connectivity index is 2.16. The van der Waals surface area contributed by atoms with E-state index in [0.717, 1.165) is 34.7 Å². The molecule has 0 radical (unpaired) electrons. The number of nitrogens with zero attached hydrogens (tertiary/aromatic N) is 2. The molecule has 0 unspecified atom stereocenters. The van der Waals surface area contributed by atoms with Gasteiger partial charge in [-0.1, -0.05) is 5.57 Å². The van der Waals surface area contributed by atoms with Crippen molar-refractivity contribution in [3.63, 3.8) is 0 Å². The lowest BCUT2D eigenvalue weighted by Gasteiger charge is -2.18. The third kappa shape index (κ3) is 4.54. The van der Waals surface area contributed by atoms with Crippen LogP contribution in [0.3, 0.4) is 0 Å². The second-order valence-corrected chi connectivity index (χ2v) is 7.70. The van der Waals surface area contributed by atoms with Crippen LogP contribution in [0.15, 0.2) is 32.9 Å². The number of rotatable bonds is 7. The topological polar surface area (TPSA) is 66.4 Å². The molecule has 0 aliphatic heterocycles. The Morgan fingerprint density at radius 1 is 1.42 bits per heavy atom. The van der Waals surface area contributed by atoms with Crippen LogP contribution in [0.1, 0.15) is 51.2 Å². The molecule has 1 saturated carbocycles. The highest BCUT2D eigenvalue weighted by molar-refractivity contribution is 7.09. The van der Waals surface area contributed by atoms with Crippen LogP contribution in [-0.4, -0.2) is 23.1 Å². The van der Waals surface area contributed by atoms with Crippen LogP contribution < -0.4 is 10.6 Å². The minimum atomic E-state index is -0.107. The Bertz CT molecular complexity index is 706. The van der Waals surface area contributed by atoms with Gasteiger partial charge in [-0.15, -0.1) is 11.3 Å². The van der Waals surface area contributed by atoms with Crippen LogP contribution in [-0.2, 0) is 11.3 Å². The molecule has 1 aromatic rings. The summed E-state index contributed by atoms with van der Waals surface area (Å²) in [6.07, 6.45) is 2.22. The van der Waals surface area contributed by atoms with Crippen LogP contribution in [0.2, 0.25) is 0 Å². The second kappa shape index (κ2) is 7.30. The molecule has 2 N–H and O–H groups in total. The van der Waals surface area contributed by atoms with Crippen molar-refractivity contribution in [3.8, 4) is 0 Å². The zero-order valence-electron chi connectivity index (χ0n) is 15.1. The van der Waals surface area contributed by atoms with E-state index in [1.165, 1.54) is 0 Å². The van der Waals surface area contributed by atoms with Gasteiger partial charge in [0.15, 0.2) is 0 Å². The van der Waals surface area contributed by atoms with Crippen molar-refractivity contribution in [2.75, 3.05) is 0 Å². The lowest BCUT2D eigenvalue weighted by Crippen LogP contribution is -2.30. The first kappa shape index (κ1) is 18.4. The average molecular weight is 347 g/mol. The van der Waals surface area contributed by atoms with Gasteiger partial charge in [-0.05, 0) is 54.2 Å². The minimum Gasteiger partial charge on any atom is -0.365 e. The van der Waals surface area contributed by atoms with Crippen molar-refractivity contribution < 1.29 is 4.79 Å². The highest BCUT2D eigenvalue weighted by atomic mass is 32.1. The Labute approximate surface area is 148 Å². The number of aryl methyl sites for hydroxylation is 1. The van der Waals surface area contributed by atoms with Crippen molar-refractivity contribution in [2.24, 2.45) is 4.99 Å². The zero-order valence-corrected chi connectivity index (χ0v) is 15.9. The first-order chi connectivity index (χ1) is 11.3. The van der Waals surface area contributed by atoms with E-state index in [-0.39, 0.29) is 11.4 Å². The Morgan fingerprint density at radius 3 is 2.54 bits per heavy atom. The fourth-order valence-electron chi connectivity index (χ4n) is 2.47. The van der Waals surface area contributed by atoms with Crippen molar-refractivity contribution in [2.45, 2.75) is 59.5 Å². The molecule has 1 aromatic heterocycles. The summed E-state index contributed by atoms with van der Waals surface area (Å²) in [6.45, 7) is 14.0. The maximum Gasteiger partial charge on any atom is 0.251 e. The van der Waals surface area contributed by atoms with E-state index in [4.69, 9.17) is 0 Å². The SMILES string of the molecule is C=N/C(NC1(C)CC1)=C(\C)C(C(=O)NCc1nc(C)cs1)=C(C)C. The normalized spacial score (nSPS) is 16.0. The van der Waals surface area contributed by atoms with Gasteiger partial charge < -0.3 is 10.6 Å². The number of hydrogen-bond donors (Lipinski definition) is 2. The lowest BCUT2D eigenvalue weighted by atomic mass is 10.0. The number of carbonyl (C=O) groups is 1.